The molecule has 0 atom stereocenters. The van der Waals surface area contributed by atoms with Crippen molar-refractivity contribution < 1.29 is 47.6 Å². The summed E-state index contributed by atoms with van der Waals surface area (Å²) in [6.45, 7) is 28.5. The van der Waals surface area contributed by atoms with E-state index in [2.05, 4.69) is 16.0 Å². The van der Waals surface area contributed by atoms with E-state index in [1.807, 2.05) is 96.9 Å². The number of alkyl carbamates (subject to hydrolysis) is 2. The van der Waals surface area contributed by atoms with Crippen LogP contribution in [0.1, 0.15) is 148 Å². The molecule has 0 saturated carbocycles. The molecule has 3 N–H and O–H groups in total. The Labute approximate surface area is 315 Å². The zero-order chi connectivity index (χ0) is 40.3. The van der Waals surface area contributed by atoms with Crippen LogP contribution in [0.15, 0.2) is 0 Å². The lowest BCUT2D eigenvalue weighted by Crippen LogP contribution is -2.46. The minimum absolute atomic E-state index is 0.128. The van der Waals surface area contributed by atoms with Crippen molar-refractivity contribution in [2.75, 3.05) is 39.6 Å². The lowest BCUT2D eigenvalue weighted by atomic mass is 9.99. The number of carbonyl (C=O) groups is 4. The molecule has 0 aliphatic heterocycles. The van der Waals surface area contributed by atoms with Gasteiger partial charge in [0.25, 0.3) is 0 Å². The molecule has 0 unspecified atom stereocenters. The van der Waals surface area contributed by atoms with Crippen molar-refractivity contribution in [1.29, 1.82) is 0 Å². The highest BCUT2D eigenvalue weighted by Crippen LogP contribution is 2.20. The second-order valence-corrected chi connectivity index (χ2v) is 18.1. The van der Waals surface area contributed by atoms with Crippen molar-refractivity contribution in [3.05, 3.63) is 0 Å². The lowest BCUT2D eigenvalue weighted by molar-refractivity contribution is -0.123. The fourth-order valence-electron chi connectivity index (χ4n) is 4.71. The predicted molar refractivity (Wildman–Crippen MR) is 204 cm³/mol. The average molecular weight is 746 g/mol. The van der Waals surface area contributed by atoms with E-state index in [1.54, 1.807) is 0 Å². The van der Waals surface area contributed by atoms with Crippen LogP contribution in [0.25, 0.3) is 0 Å². The van der Waals surface area contributed by atoms with E-state index in [0.29, 0.717) is 51.9 Å². The second-order valence-electron chi connectivity index (χ2n) is 18.1. The number of unbranched alkanes of at least 4 members (excludes halogenated alkanes) is 1. The van der Waals surface area contributed by atoms with Crippen LogP contribution < -0.4 is 16.0 Å². The zero-order valence-corrected chi connectivity index (χ0v) is 35.1. The third-order valence-corrected chi connectivity index (χ3v) is 7.91. The summed E-state index contributed by atoms with van der Waals surface area (Å²) >= 11 is 0. The largest absolute Gasteiger partial charge is 0.447 e. The number of hydrogen-bond acceptors (Lipinski definition) is 10. The molecule has 0 aromatic carbocycles. The van der Waals surface area contributed by atoms with Gasteiger partial charge in [-0.3, -0.25) is 4.79 Å². The van der Waals surface area contributed by atoms with Gasteiger partial charge in [-0.2, -0.15) is 0 Å². The highest BCUT2D eigenvalue weighted by atomic mass is 16.6. The maximum Gasteiger partial charge on any atom is 0.407 e. The Bertz CT molecular complexity index is 1010. The van der Waals surface area contributed by atoms with Crippen LogP contribution >= 0.6 is 0 Å². The summed E-state index contributed by atoms with van der Waals surface area (Å²) in [6.07, 6.45) is 3.35. The predicted octanol–water partition coefficient (Wildman–Crippen LogP) is 7.02. The minimum atomic E-state index is -0.761. The molecule has 0 aliphatic rings. The third-order valence-electron chi connectivity index (χ3n) is 7.91. The highest BCUT2D eigenvalue weighted by Gasteiger charge is 2.27. The summed E-state index contributed by atoms with van der Waals surface area (Å²) in [6, 6.07) is 0. The molecule has 0 aliphatic carbocycles. The van der Waals surface area contributed by atoms with Gasteiger partial charge in [0.2, 0.25) is 5.91 Å². The standard InChI is InChI=1S/C39H75N3O10/c1-34(2,3)50-25-20-37(9,10)41-32(45)48-28-30(29-49-33(46)42-38(11,12)21-26-51-35(4,5)6)47-24-17-18-31(44)40-36(7,8)22-27-52-39(13,14)19-15-16-23-43/h23,30H,15-22,24-29H2,1-14H3,(H,40,44)(H,41,45)(H,42,46). The maximum atomic E-state index is 12.8. The van der Waals surface area contributed by atoms with Crippen LogP contribution in [0.5, 0.6) is 0 Å². The van der Waals surface area contributed by atoms with Gasteiger partial charge in [0, 0.05) is 55.9 Å². The highest BCUT2D eigenvalue weighted by molar-refractivity contribution is 5.76. The molecule has 0 rings (SSSR count). The summed E-state index contributed by atoms with van der Waals surface area (Å²) in [7, 11) is 0. The molecule has 52 heavy (non-hydrogen) atoms. The summed E-state index contributed by atoms with van der Waals surface area (Å²) < 4.78 is 34.6. The maximum absolute atomic E-state index is 12.8. The van der Waals surface area contributed by atoms with Crippen LogP contribution in [0, 0.1) is 0 Å². The molecule has 0 spiro atoms. The Hall–Kier alpha value is -2.48. The Kier molecular flexibility index (Phi) is 21.6. The monoisotopic (exact) mass is 746 g/mol. The van der Waals surface area contributed by atoms with Gasteiger partial charge in [0.05, 0.1) is 16.8 Å². The molecule has 3 amide bonds. The molecular formula is C39H75N3O10. The SMILES string of the molecule is CC(C)(CCOC(C)(C)CCCC=O)NC(=O)CCCOC(COC(=O)NC(C)(C)CCOC(C)(C)C)COC(=O)NC(C)(C)CCOC(C)(C)C. The molecule has 0 heterocycles. The van der Waals surface area contributed by atoms with Crippen molar-refractivity contribution >= 4 is 24.4 Å². The number of hydrogen-bond donors (Lipinski definition) is 3. The van der Waals surface area contributed by atoms with Gasteiger partial charge in [-0.25, -0.2) is 9.59 Å². The van der Waals surface area contributed by atoms with Gasteiger partial charge in [-0.05, 0) is 135 Å². The Morgan fingerprint density at radius 3 is 1.40 bits per heavy atom. The number of nitrogens with one attached hydrogen (secondary N) is 3. The number of aldehydes is 1. The normalized spacial score (nSPS) is 13.1. The van der Waals surface area contributed by atoms with Crippen LogP contribution in [-0.4, -0.2) is 104 Å². The first-order chi connectivity index (χ1) is 23.6. The second kappa shape index (κ2) is 22.7. The lowest BCUT2D eigenvalue weighted by Gasteiger charge is -2.30. The summed E-state index contributed by atoms with van der Waals surface area (Å²) in [4.78, 5) is 48.8. The van der Waals surface area contributed by atoms with E-state index < -0.39 is 34.9 Å². The molecule has 0 aromatic rings. The van der Waals surface area contributed by atoms with Crippen molar-refractivity contribution in [1.82, 2.24) is 16.0 Å². The topological polar surface area (TPSA) is 160 Å². The Morgan fingerprint density at radius 1 is 0.558 bits per heavy atom. The number of rotatable bonds is 26. The van der Waals surface area contributed by atoms with Gasteiger partial charge in [-0.15, -0.1) is 0 Å². The fourth-order valence-corrected chi connectivity index (χ4v) is 4.71. The van der Waals surface area contributed by atoms with E-state index >= 15 is 0 Å². The quantitative estimate of drug-likeness (QED) is 0.0620. The van der Waals surface area contributed by atoms with Crippen molar-refractivity contribution in [3.63, 3.8) is 0 Å². The fraction of sp³-hybridized carbons (Fsp3) is 0.897. The number of carbonyl (C=O) groups excluding carboxylic acids is 4. The van der Waals surface area contributed by atoms with Gasteiger partial charge in [0.15, 0.2) is 0 Å². The van der Waals surface area contributed by atoms with E-state index in [0.717, 1.165) is 19.1 Å². The number of amides is 3. The molecule has 0 radical (unpaired) electrons. The van der Waals surface area contributed by atoms with Crippen LogP contribution in [0.4, 0.5) is 9.59 Å². The van der Waals surface area contributed by atoms with Crippen molar-refractivity contribution in [3.8, 4) is 0 Å². The van der Waals surface area contributed by atoms with Gasteiger partial charge in [-0.1, -0.05) is 0 Å². The molecule has 0 bridgehead atoms. The Morgan fingerprint density at radius 2 is 0.981 bits per heavy atom. The van der Waals surface area contributed by atoms with E-state index in [4.69, 9.17) is 28.4 Å². The van der Waals surface area contributed by atoms with E-state index in [9.17, 15) is 19.2 Å². The van der Waals surface area contributed by atoms with Crippen molar-refractivity contribution in [2.24, 2.45) is 0 Å². The molecule has 306 valence electrons. The average Bonchev–Trinajstić information content (AvgIpc) is 2.93. The van der Waals surface area contributed by atoms with Crippen LogP contribution in [0.2, 0.25) is 0 Å². The minimum Gasteiger partial charge on any atom is -0.447 e. The van der Waals surface area contributed by atoms with E-state index in [-0.39, 0.29) is 49.0 Å². The summed E-state index contributed by atoms with van der Waals surface area (Å²) in [5.74, 6) is -0.128. The van der Waals surface area contributed by atoms with Gasteiger partial charge >= 0.3 is 12.2 Å². The van der Waals surface area contributed by atoms with Crippen LogP contribution in [0.3, 0.4) is 0 Å². The molecule has 0 saturated heterocycles. The first kappa shape index (κ1) is 49.5. The van der Waals surface area contributed by atoms with Crippen LogP contribution in [-0.2, 0) is 38.0 Å². The van der Waals surface area contributed by atoms with Crippen molar-refractivity contribution in [2.45, 2.75) is 188 Å². The molecule has 0 fully saturated rings. The summed E-state index contributed by atoms with van der Waals surface area (Å²) in [5.41, 5.74) is -2.58. The Balaban J connectivity index is 5.09. The molecule has 13 heteroatoms. The summed E-state index contributed by atoms with van der Waals surface area (Å²) in [5, 5.41) is 8.77. The molecule has 0 aromatic heterocycles. The van der Waals surface area contributed by atoms with Gasteiger partial charge in [0.1, 0.15) is 25.6 Å². The number of ether oxygens (including phenoxy) is 6. The smallest absolute Gasteiger partial charge is 0.407 e. The molecular weight excluding hydrogens is 670 g/mol. The zero-order valence-electron chi connectivity index (χ0n) is 35.1. The molecule has 13 nitrogen and oxygen atoms in total. The first-order valence-corrected chi connectivity index (χ1v) is 18.8. The van der Waals surface area contributed by atoms with E-state index in [1.165, 1.54) is 0 Å². The third kappa shape index (κ3) is 29.0. The van der Waals surface area contributed by atoms with Gasteiger partial charge < -0.3 is 49.2 Å². The first-order valence-electron chi connectivity index (χ1n) is 18.8.